The van der Waals surface area contributed by atoms with E-state index in [9.17, 15) is 9.90 Å². The van der Waals surface area contributed by atoms with Gasteiger partial charge in [-0.3, -0.25) is 14.9 Å². The molecule has 3 spiro atoms. The van der Waals surface area contributed by atoms with Gasteiger partial charge in [-0.2, -0.15) is 0 Å². The minimum Gasteiger partial charge on any atom is -0.469 e. The van der Waals surface area contributed by atoms with Crippen molar-refractivity contribution >= 4 is 17.7 Å². The number of aliphatic hydroxyl groups excluding tert-OH is 1. The maximum absolute atomic E-state index is 16.4. The first kappa shape index (κ1) is 44.7. The average Bonchev–Trinajstić information content (AvgIpc) is 3.62. The number of ether oxygens (including phenoxy) is 4. The molecule has 18 atom stereocenters. The van der Waals surface area contributed by atoms with Crippen LogP contribution in [0.5, 0.6) is 0 Å². The summed E-state index contributed by atoms with van der Waals surface area (Å²) in [6, 6.07) is 13.3. The van der Waals surface area contributed by atoms with E-state index in [1.165, 1.54) is 18.4 Å². The molecule has 372 valence electrons. The van der Waals surface area contributed by atoms with Gasteiger partial charge in [0.05, 0.1) is 43.4 Å². The standard InChI is InChI=1S/C59H72N2O9/c1-54-25-21-46-56-33-67-48(62)31-47(56)68-55(2,40-13-7-4-8-14-40)50(56)49(63)51(64)58(46)43-30-37(28-35-10-5-3-6-11-35)15-18-38(43)12-9-24-57(54,70-53(65)52-59(54,58)69-52)42-23-27-66-45(42)20-17-36-16-19-41-39(29-36)22-26-61-34-60-32-44(41)61/h3,5-6,10-11,22-23,26-27,36-41,43-44,46-47,50-52,60,64H,4,7-8,13-21,24-25,28-34H2,1-2H3. The third kappa shape index (κ3) is 5.72. The van der Waals surface area contributed by atoms with Crippen LogP contribution >= 0.6 is 0 Å². The molecule has 2 aromatic rings. The maximum atomic E-state index is 16.4. The van der Waals surface area contributed by atoms with E-state index >= 15 is 9.59 Å². The molecule has 5 saturated carbocycles. The van der Waals surface area contributed by atoms with E-state index in [1.54, 1.807) is 6.26 Å². The second-order valence-corrected chi connectivity index (χ2v) is 25.1. The van der Waals surface area contributed by atoms with Gasteiger partial charge in [-0.25, -0.2) is 4.79 Å². The fourth-order valence-corrected chi connectivity index (χ4v) is 19.8. The number of carbonyl (C=O) groups excluding carboxylic acids is 3. The fourth-order valence-electron chi connectivity index (χ4n) is 19.8. The quantitative estimate of drug-likeness (QED) is 0.158. The SMILES string of the molecule is CC1(C2CCCCC2)OC2CC(=O)OCC23C1C(=O)C(O)C12C4CC(Cc5ccccc5)CCC4C#CCC4(c5ccoc5CCC5CCC6C(C=CN7CNCC67)C5)OC(=O)C5OC51C4(C)CCC32. The molecule has 4 bridgehead atoms. The van der Waals surface area contributed by atoms with Gasteiger partial charge >= 0.3 is 11.9 Å². The van der Waals surface area contributed by atoms with Crippen LogP contribution in [0.15, 0.2) is 59.4 Å². The number of furan rings is 1. The lowest BCUT2D eigenvalue weighted by atomic mass is 9.31. The lowest BCUT2D eigenvalue weighted by Gasteiger charge is -2.71. The fraction of sp³-hybridized carbons (Fsp3) is 0.712. The number of hydrogen-bond donors (Lipinski definition) is 2. The maximum Gasteiger partial charge on any atom is 0.339 e. The number of esters is 2. The molecule has 70 heavy (non-hydrogen) atoms. The number of aliphatic hydroxyl groups is 1. The highest BCUT2D eigenvalue weighted by Crippen LogP contribution is 2.84. The summed E-state index contributed by atoms with van der Waals surface area (Å²) in [7, 11) is 0. The highest BCUT2D eigenvalue weighted by Gasteiger charge is 2.95. The van der Waals surface area contributed by atoms with Crippen molar-refractivity contribution < 1.29 is 42.9 Å². The molecule has 1 aromatic carbocycles. The van der Waals surface area contributed by atoms with Gasteiger partial charge < -0.3 is 33.4 Å². The summed E-state index contributed by atoms with van der Waals surface area (Å²) in [4.78, 5) is 47.8. The van der Waals surface area contributed by atoms with Gasteiger partial charge in [-0.1, -0.05) is 80.9 Å². The average molecular weight is 953 g/mol. The number of cyclic esters (lactones) is 1. The number of ketones is 1. The van der Waals surface area contributed by atoms with Crippen LogP contribution in [-0.4, -0.2) is 83.1 Å². The van der Waals surface area contributed by atoms with E-state index in [0.29, 0.717) is 43.1 Å². The molecule has 14 rings (SSSR count). The number of allylic oxidation sites excluding steroid dienone is 1. The van der Waals surface area contributed by atoms with Crippen molar-refractivity contribution in [3.8, 4) is 11.8 Å². The highest BCUT2D eigenvalue weighted by atomic mass is 16.7. The molecule has 5 saturated heterocycles. The number of Topliss-reactive ketones (excluding diaryl/α,β-unsaturated/α-hetero) is 1. The zero-order chi connectivity index (χ0) is 47.4. The van der Waals surface area contributed by atoms with Crippen molar-refractivity contribution in [2.75, 3.05) is 19.8 Å². The number of carbonyl (C=O) groups is 3. The van der Waals surface area contributed by atoms with Gasteiger partial charge in [-0.05, 0) is 137 Å². The number of nitrogens with zero attached hydrogens (tertiary/aromatic N) is 1. The van der Waals surface area contributed by atoms with Gasteiger partial charge in [0, 0.05) is 46.7 Å². The lowest BCUT2D eigenvalue weighted by molar-refractivity contribution is -0.295. The minimum atomic E-state index is -1.47. The number of rotatable bonds is 7. The van der Waals surface area contributed by atoms with Gasteiger partial charge in [-0.15, -0.1) is 0 Å². The van der Waals surface area contributed by atoms with Crippen LogP contribution in [0.2, 0.25) is 0 Å². The third-order valence-corrected chi connectivity index (χ3v) is 22.7. The highest BCUT2D eigenvalue weighted by molar-refractivity contribution is 5.92. The first-order valence-corrected chi connectivity index (χ1v) is 27.7. The van der Waals surface area contributed by atoms with Crippen molar-refractivity contribution in [1.29, 1.82) is 0 Å². The predicted molar refractivity (Wildman–Crippen MR) is 257 cm³/mol. The number of fused-ring (bicyclic) bond motifs is 4. The zero-order valence-corrected chi connectivity index (χ0v) is 41.2. The molecule has 11 nitrogen and oxygen atoms in total. The van der Waals surface area contributed by atoms with Gasteiger partial charge in [0.1, 0.15) is 24.1 Å². The van der Waals surface area contributed by atoms with Crippen molar-refractivity contribution in [2.24, 2.45) is 69.5 Å². The Balaban J connectivity index is 0.903. The first-order valence-electron chi connectivity index (χ1n) is 27.7. The summed E-state index contributed by atoms with van der Waals surface area (Å²) >= 11 is 0. The summed E-state index contributed by atoms with van der Waals surface area (Å²) in [6.45, 7) is 6.42. The van der Waals surface area contributed by atoms with Crippen LogP contribution in [0.25, 0.3) is 0 Å². The Bertz CT molecular complexity index is 2560. The molecule has 2 N–H and O–H groups in total. The van der Waals surface area contributed by atoms with Crippen LogP contribution in [0.1, 0.15) is 133 Å². The Morgan fingerprint density at radius 1 is 0.929 bits per heavy atom. The number of nitrogens with one attached hydrogen (secondary N) is 1. The topological polar surface area (TPSA) is 140 Å². The lowest BCUT2D eigenvalue weighted by Crippen LogP contribution is -2.81. The van der Waals surface area contributed by atoms with E-state index in [2.05, 4.69) is 78.5 Å². The number of hydrogen-bond acceptors (Lipinski definition) is 11. The second kappa shape index (κ2) is 15.8. The molecule has 1 aromatic heterocycles. The van der Waals surface area contributed by atoms with Crippen LogP contribution in [0.4, 0.5) is 0 Å². The van der Waals surface area contributed by atoms with Crippen molar-refractivity contribution in [3.05, 3.63) is 71.8 Å². The summed E-state index contributed by atoms with van der Waals surface area (Å²) in [5, 5.41) is 17.6. The van der Waals surface area contributed by atoms with E-state index in [0.717, 1.165) is 95.2 Å². The van der Waals surface area contributed by atoms with Crippen LogP contribution in [0, 0.1) is 81.3 Å². The summed E-state index contributed by atoms with van der Waals surface area (Å²) in [5.74, 6) is 8.09. The molecule has 12 aliphatic rings. The Kier molecular flexibility index (Phi) is 10.1. The van der Waals surface area contributed by atoms with Crippen molar-refractivity contribution in [3.63, 3.8) is 0 Å². The number of benzene rings is 1. The monoisotopic (exact) mass is 953 g/mol. The summed E-state index contributed by atoms with van der Waals surface area (Å²) < 4.78 is 34.7. The van der Waals surface area contributed by atoms with Gasteiger partial charge in [0.2, 0.25) is 0 Å². The molecule has 10 fully saturated rings. The van der Waals surface area contributed by atoms with Crippen LogP contribution in [0.3, 0.4) is 0 Å². The minimum absolute atomic E-state index is 0.0537. The Morgan fingerprint density at radius 3 is 2.63 bits per heavy atom. The van der Waals surface area contributed by atoms with Crippen molar-refractivity contribution in [1.82, 2.24) is 10.2 Å². The number of aryl methyl sites for hydroxylation is 1. The molecule has 6 aliphatic heterocycles. The summed E-state index contributed by atoms with van der Waals surface area (Å²) in [6.07, 6.45) is 18.8. The normalized spacial score (nSPS) is 48.6. The van der Waals surface area contributed by atoms with E-state index in [1.807, 2.05) is 6.07 Å². The molecular formula is C59H72N2O9. The van der Waals surface area contributed by atoms with Gasteiger partial charge in [0.15, 0.2) is 17.5 Å². The van der Waals surface area contributed by atoms with Crippen LogP contribution in [-0.2, 0) is 51.8 Å². The molecule has 0 amide bonds. The van der Waals surface area contributed by atoms with Gasteiger partial charge in [0.25, 0.3) is 0 Å². The molecular weight excluding hydrogens is 881 g/mol. The Hall–Kier alpha value is -3.95. The predicted octanol–water partition coefficient (Wildman–Crippen LogP) is 8.21. The molecule has 18 unspecified atom stereocenters. The molecule has 7 heterocycles. The molecule has 0 radical (unpaired) electrons. The smallest absolute Gasteiger partial charge is 0.339 e. The van der Waals surface area contributed by atoms with E-state index in [4.69, 9.17) is 23.4 Å². The van der Waals surface area contributed by atoms with E-state index in [-0.39, 0.29) is 60.8 Å². The zero-order valence-electron chi connectivity index (χ0n) is 41.2. The largest absolute Gasteiger partial charge is 0.469 e. The first-order chi connectivity index (χ1) is 34.0. The summed E-state index contributed by atoms with van der Waals surface area (Å²) in [5.41, 5.74) is -4.45. The molecule has 11 heteroatoms. The Labute approximate surface area is 412 Å². The van der Waals surface area contributed by atoms with Crippen LogP contribution < -0.4 is 5.32 Å². The van der Waals surface area contributed by atoms with Crippen molar-refractivity contribution in [2.45, 2.75) is 171 Å². The molecule has 6 aliphatic carbocycles. The Morgan fingerprint density at radius 2 is 1.77 bits per heavy atom. The third-order valence-electron chi connectivity index (χ3n) is 22.7. The number of epoxide rings is 1. The second-order valence-electron chi connectivity index (χ2n) is 25.1. The van der Waals surface area contributed by atoms with E-state index < -0.39 is 63.2 Å².